The molecule has 136 valence electrons. The maximum Gasteiger partial charge on any atom is 0.228 e. The number of hydrogen-bond acceptors (Lipinski definition) is 4. The fraction of sp³-hybridized carbons (Fsp3) is 0.588. The smallest absolute Gasteiger partial charge is 0.228 e. The van der Waals surface area contributed by atoms with Gasteiger partial charge in [-0.2, -0.15) is 0 Å². The monoisotopic (exact) mass is 355 g/mol. The Morgan fingerprint density at radius 2 is 1.67 bits per heavy atom. The van der Waals surface area contributed by atoms with Crippen LogP contribution in [-0.4, -0.2) is 70.1 Å². The van der Waals surface area contributed by atoms with Crippen LogP contribution in [0.2, 0.25) is 0 Å². The third-order valence-corrected chi connectivity index (χ3v) is 5.05. The molecule has 0 fully saturated rings. The van der Waals surface area contributed by atoms with E-state index in [9.17, 15) is 13.2 Å². The lowest BCUT2D eigenvalue weighted by Crippen LogP contribution is -2.37. The minimum atomic E-state index is -3.31. The van der Waals surface area contributed by atoms with Gasteiger partial charge in [0, 0.05) is 31.7 Å². The maximum atomic E-state index is 12.5. The molecule has 0 heterocycles. The largest absolute Gasteiger partial charge is 0.313 e. The highest BCUT2D eigenvalue weighted by atomic mass is 32.2. The zero-order valence-corrected chi connectivity index (χ0v) is 15.9. The van der Waals surface area contributed by atoms with Crippen molar-refractivity contribution in [2.45, 2.75) is 19.8 Å². The van der Waals surface area contributed by atoms with Crippen molar-refractivity contribution in [2.24, 2.45) is 0 Å². The van der Waals surface area contributed by atoms with Crippen molar-refractivity contribution >= 4 is 21.6 Å². The Morgan fingerprint density at radius 3 is 2.17 bits per heavy atom. The Hall–Kier alpha value is -1.44. The molecule has 1 aromatic carbocycles. The Balaban J connectivity index is 2.66. The normalized spacial score (nSPS) is 11.9. The molecule has 0 saturated carbocycles. The molecular weight excluding hydrogens is 326 g/mol. The fourth-order valence-corrected chi connectivity index (χ4v) is 3.36. The molecule has 0 atom stereocenters. The lowest BCUT2D eigenvalue weighted by molar-refractivity contribution is -0.118. The molecule has 0 bridgehead atoms. The minimum absolute atomic E-state index is 0.0649. The van der Waals surface area contributed by atoms with E-state index < -0.39 is 10.0 Å². The summed E-state index contributed by atoms with van der Waals surface area (Å²) in [4.78, 5) is 16.2. The molecule has 24 heavy (non-hydrogen) atoms. The van der Waals surface area contributed by atoms with Gasteiger partial charge in [0.25, 0.3) is 0 Å². The van der Waals surface area contributed by atoms with E-state index >= 15 is 0 Å². The van der Waals surface area contributed by atoms with E-state index in [4.69, 9.17) is 0 Å². The summed E-state index contributed by atoms with van der Waals surface area (Å²) in [5, 5.41) is 0. The lowest BCUT2D eigenvalue weighted by Gasteiger charge is -2.24. The summed E-state index contributed by atoms with van der Waals surface area (Å²) in [6.45, 7) is 3.93. The van der Waals surface area contributed by atoms with Gasteiger partial charge in [0.2, 0.25) is 15.9 Å². The van der Waals surface area contributed by atoms with Gasteiger partial charge in [-0.25, -0.2) is 12.7 Å². The van der Waals surface area contributed by atoms with Crippen molar-refractivity contribution < 1.29 is 13.2 Å². The molecular formula is C17H29N3O3S. The van der Waals surface area contributed by atoms with E-state index in [0.717, 1.165) is 18.7 Å². The van der Waals surface area contributed by atoms with E-state index in [1.54, 1.807) is 4.90 Å². The molecule has 1 amide bonds. The first-order valence-electron chi connectivity index (χ1n) is 8.21. The summed E-state index contributed by atoms with van der Waals surface area (Å²) in [6.07, 6.45) is 2.12. The molecule has 0 aromatic heterocycles. The van der Waals surface area contributed by atoms with Gasteiger partial charge in [-0.3, -0.25) is 4.79 Å². The van der Waals surface area contributed by atoms with Gasteiger partial charge in [0.15, 0.2) is 0 Å². The molecule has 0 saturated heterocycles. The summed E-state index contributed by atoms with van der Waals surface area (Å²) in [5.74, 6) is -0.0649. The highest BCUT2D eigenvalue weighted by Gasteiger charge is 2.20. The number of carbonyl (C=O) groups excluding carboxylic acids is 1. The summed E-state index contributed by atoms with van der Waals surface area (Å²) in [5.41, 5.74) is 0.837. The first-order chi connectivity index (χ1) is 11.3. The first kappa shape index (κ1) is 20.6. The first-order valence-corrected chi connectivity index (χ1v) is 10.1. The van der Waals surface area contributed by atoms with Crippen molar-refractivity contribution in [1.82, 2.24) is 9.21 Å². The van der Waals surface area contributed by atoms with Crippen LogP contribution < -0.4 is 4.90 Å². The van der Waals surface area contributed by atoms with Gasteiger partial charge in [-0.15, -0.1) is 0 Å². The molecule has 1 rings (SSSR count). The maximum absolute atomic E-state index is 12.5. The van der Waals surface area contributed by atoms with Crippen LogP contribution in [0.25, 0.3) is 0 Å². The Kier molecular flexibility index (Phi) is 8.38. The number of amides is 1. The molecule has 0 radical (unpaired) electrons. The summed E-state index contributed by atoms with van der Waals surface area (Å²) < 4.78 is 25.2. The topological polar surface area (TPSA) is 60.9 Å². The van der Waals surface area contributed by atoms with Crippen LogP contribution in [0.4, 0.5) is 5.69 Å². The van der Waals surface area contributed by atoms with E-state index in [1.807, 2.05) is 56.3 Å². The molecule has 0 spiro atoms. The Morgan fingerprint density at radius 1 is 1.04 bits per heavy atom. The number of sulfonamides is 1. The van der Waals surface area contributed by atoms with Crippen LogP contribution in [0.5, 0.6) is 0 Å². The van der Waals surface area contributed by atoms with Crippen molar-refractivity contribution in [3.05, 3.63) is 30.3 Å². The predicted molar refractivity (Wildman–Crippen MR) is 98.7 cm³/mol. The van der Waals surface area contributed by atoms with Gasteiger partial charge >= 0.3 is 0 Å². The second-order valence-electron chi connectivity index (χ2n) is 6.04. The molecule has 0 unspecified atom stereocenters. The van der Waals surface area contributed by atoms with Crippen molar-refractivity contribution in [1.29, 1.82) is 0 Å². The molecule has 0 N–H and O–H groups in total. The zero-order valence-electron chi connectivity index (χ0n) is 15.1. The summed E-state index contributed by atoms with van der Waals surface area (Å²) >= 11 is 0. The van der Waals surface area contributed by atoms with Crippen molar-refractivity contribution in [3.8, 4) is 0 Å². The van der Waals surface area contributed by atoms with E-state index in [1.165, 1.54) is 10.6 Å². The number of para-hydroxylation sites is 1. The summed E-state index contributed by atoms with van der Waals surface area (Å²) in [6, 6.07) is 9.43. The van der Waals surface area contributed by atoms with E-state index in [0.29, 0.717) is 13.1 Å². The number of hydrogen-bond donors (Lipinski definition) is 0. The molecule has 1 aromatic rings. The zero-order chi connectivity index (χ0) is 18.2. The quantitative estimate of drug-likeness (QED) is 0.640. The number of rotatable bonds is 10. The van der Waals surface area contributed by atoms with Crippen LogP contribution in [0.3, 0.4) is 0 Å². The second-order valence-corrected chi connectivity index (χ2v) is 8.02. The number of anilines is 1. The van der Waals surface area contributed by atoms with Gasteiger partial charge in [0.05, 0.1) is 6.26 Å². The van der Waals surface area contributed by atoms with Crippen LogP contribution in [0.1, 0.15) is 19.8 Å². The van der Waals surface area contributed by atoms with Gasteiger partial charge in [0.1, 0.15) is 0 Å². The van der Waals surface area contributed by atoms with Crippen LogP contribution in [0.15, 0.2) is 30.3 Å². The van der Waals surface area contributed by atoms with Crippen molar-refractivity contribution in [2.75, 3.05) is 51.4 Å². The number of nitrogens with zero attached hydrogens (tertiary/aromatic N) is 3. The van der Waals surface area contributed by atoms with Crippen molar-refractivity contribution in [3.63, 3.8) is 0 Å². The van der Waals surface area contributed by atoms with Gasteiger partial charge in [-0.05, 0) is 46.1 Å². The Labute approximate surface area is 146 Å². The highest BCUT2D eigenvalue weighted by molar-refractivity contribution is 7.88. The fourth-order valence-electron chi connectivity index (χ4n) is 2.47. The molecule has 0 aliphatic carbocycles. The second kappa shape index (κ2) is 9.76. The standard InChI is InChI=1S/C17H29N3O3S/c1-5-20(16-10-7-6-8-11-16)17(21)12-15-19(24(4,22)23)14-9-13-18(2)3/h6-8,10-11H,5,9,12-15H2,1-4H3. The average molecular weight is 356 g/mol. The minimum Gasteiger partial charge on any atom is -0.313 e. The van der Waals surface area contributed by atoms with E-state index in [2.05, 4.69) is 0 Å². The molecule has 6 nitrogen and oxygen atoms in total. The lowest BCUT2D eigenvalue weighted by atomic mass is 10.2. The number of carbonyl (C=O) groups is 1. The van der Waals surface area contributed by atoms with Crippen LogP contribution in [0, 0.1) is 0 Å². The third-order valence-electron chi connectivity index (χ3n) is 3.74. The third kappa shape index (κ3) is 6.98. The molecule has 0 aliphatic heterocycles. The van der Waals surface area contributed by atoms with Gasteiger partial charge in [-0.1, -0.05) is 18.2 Å². The Bertz CT molecular complexity index is 603. The predicted octanol–water partition coefficient (Wildman–Crippen LogP) is 1.64. The SMILES string of the molecule is CCN(C(=O)CCN(CCCN(C)C)S(C)(=O)=O)c1ccccc1. The molecule has 7 heteroatoms. The molecule has 0 aliphatic rings. The van der Waals surface area contributed by atoms with Gasteiger partial charge < -0.3 is 9.80 Å². The van der Waals surface area contributed by atoms with Crippen LogP contribution in [-0.2, 0) is 14.8 Å². The average Bonchev–Trinajstić information content (AvgIpc) is 2.51. The summed E-state index contributed by atoms with van der Waals surface area (Å²) in [7, 11) is 0.592. The number of benzene rings is 1. The van der Waals surface area contributed by atoms with E-state index in [-0.39, 0.29) is 18.9 Å². The highest BCUT2D eigenvalue weighted by Crippen LogP contribution is 2.14. The van der Waals surface area contributed by atoms with Crippen LogP contribution >= 0.6 is 0 Å².